The number of nitrogens with one attached hydrogen (secondary N) is 1. The summed E-state index contributed by atoms with van der Waals surface area (Å²) in [7, 11) is 0. The first kappa shape index (κ1) is 13.5. The second-order valence-electron chi connectivity index (χ2n) is 5.10. The molecule has 94 valence electrons. The molecule has 0 aromatic carbocycles. The Morgan fingerprint density at radius 2 is 1.81 bits per heavy atom. The maximum absolute atomic E-state index is 11.7. The number of rotatable bonds is 6. The van der Waals surface area contributed by atoms with Crippen LogP contribution in [0.4, 0.5) is 0 Å². The second kappa shape index (κ2) is 7.70. The Hall–Kier alpha value is -0.530. The summed E-state index contributed by atoms with van der Waals surface area (Å²) >= 11 is 0. The summed E-state index contributed by atoms with van der Waals surface area (Å²) in [5, 5.41) is 3.09. The van der Waals surface area contributed by atoms with E-state index in [0.29, 0.717) is 0 Å². The summed E-state index contributed by atoms with van der Waals surface area (Å²) in [4.78, 5) is 11.7. The minimum absolute atomic E-state index is 0.228. The molecule has 0 aliphatic heterocycles. The van der Waals surface area contributed by atoms with E-state index in [1.54, 1.807) is 0 Å². The SMILES string of the molecule is CCC(CC)C(=O)NCCC1CCCCC1. The van der Waals surface area contributed by atoms with Gasteiger partial charge in [-0.05, 0) is 25.2 Å². The zero-order valence-electron chi connectivity index (χ0n) is 10.9. The van der Waals surface area contributed by atoms with Gasteiger partial charge in [-0.1, -0.05) is 46.0 Å². The predicted octanol–water partition coefficient (Wildman–Crippen LogP) is 3.51. The Bertz CT molecular complexity index is 193. The van der Waals surface area contributed by atoms with Crippen LogP contribution in [0.5, 0.6) is 0 Å². The molecule has 1 fully saturated rings. The molecule has 0 unspecified atom stereocenters. The van der Waals surface area contributed by atoms with Gasteiger partial charge in [-0.2, -0.15) is 0 Å². The van der Waals surface area contributed by atoms with E-state index in [2.05, 4.69) is 19.2 Å². The summed E-state index contributed by atoms with van der Waals surface area (Å²) < 4.78 is 0. The minimum Gasteiger partial charge on any atom is -0.356 e. The van der Waals surface area contributed by atoms with Crippen molar-refractivity contribution >= 4 is 5.91 Å². The average molecular weight is 225 g/mol. The molecule has 1 aliphatic rings. The van der Waals surface area contributed by atoms with Crippen molar-refractivity contribution < 1.29 is 4.79 Å². The predicted molar refractivity (Wildman–Crippen MR) is 68.3 cm³/mol. The van der Waals surface area contributed by atoms with Crippen molar-refractivity contribution in [2.45, 2.75) is 65.2 Å². The Labute approximate surface area is 100 Å². The van der Waals surface area contributed by atoms with Crippen molar-refractivity contribution in [1.82, 2.24) is 5.32 Å². The van der Waals surface area contributed by atoms with Crippen LogP contribution in [0, 0.1) is 11.8 Å². The lowest BCUT2D eigenvalue weighted by molar-refractivity contribution is -0.125. The van der Waals surface area contributed by atoms with Gasteiger partial charge in [0.15, 0.2) is 0 Å². The fourth-order valence-electron chi connectivity index (χ4n) is 2.68. The van der Waals surface area contributed by atoms with Gasteiger partial charge >= 0.3 is 0 Å². The van der Waals surface area contributed by atoms with E-state index in [9.17, 15) is 4.79 Å². The monoisotopic (exact) mass is 225 g/mol. The first-order valence-electron chi connectivity index (χ1n) is 7.05. The Balaban J connectivity index is 2.11. The molecule has 2 heteroatoms. The van der Waals surface area contributed by atoms with Crippen LogP contribution >= 0.6 is 0 Å². The molecule has 1 saturated carbocycles. The highest BCUT2D eigenvalue weighted by Crippen LogP contribution is 2.25. The fraction of sp³-hybridized carbons (Fsp3) is 0.929. The standard InChI is InChI=1S/C14H27NO/c1-3-13(4-2)14(16)15-11-10-12-8-6-5-7-9-12/h12-13H,3-11H2,1-2H3,(H,15,16). The number of carbonyl (C=O) groups excluding carboxylic acids is 1. The van der Waals surface area contributed by atoms with Crippen molar-refractivity contribution in [1.29, 1.82) is 0 Å². The topological polar surface area (TPSA) is 29.1 Å². The van der Waals surface area contributed by atoms with E-state index in [1.807, 2.05) is 0 Å². The molecule has 1 aliphatic carbocycles. The third-order valence-corrected chi connectivity index (χ3v) is 3.93. The van der Waals surface area contributed by atoms with Crippen molar-refractivity contribution in [3.05, 3.63) is 0 Å². The van der Waals surface area contributed by atoms with Crippen LogP contribution in [-0.4, -0.2) is 12.5 Å². The van der Waals surface area contributed by atoms with E-state index < -0.39 is 0 Å². The van der Waals surface area contributed by atoms with Gasteiger partial charge in [0, 0.05) is 12.5 Å². The molecule has 1 amide bonds. The van der Waals surface area contributed by atoms with E-state index in [4.69, 9.17) is 0 Å². The molecule has 0 spiro atoms. The van der Waals surface area contributed by atoms with Crippen LogP contribution in [0.1, 0.15) is 65.2 Å². The smallest absolute Gasteiger partial charge is 0.223 e. The number of carbonyl (C=O) groups is 1. The zero-order valence-corrected chi connectivity index (χ0v) is 10.9. The number of hydrogen-bond acceptors (Lipinski definition) is 1. The van der Waals surface area contributed by atoms with Gasteiger partial charge in [0.2, 0.25) is 5.91 Å². The molecule has 1 N–H and O–H groups in total. The van der Waals surface area contributed by atoms with E-state index in [-0.39, 0.29) is 11.8 Å². The summed E-state index contributed by atoms with van der Waals surface area (Å²) in [6.45, 7) is 5.07. The first-order valence-corrected chi connectivity index (χ1v) is 7.05. The van der Waals surface area contributed by atoms with Crippen LogP contribution in [0.3, 0.4) is 0 Å². The van der Waals surface area contributed by atoms with Crippen LogP contribution in [0.15, 0.2) is 0 Å². The van der Waals surface area contributed by atoms with Gasteiger partial charge in [0.25, 0.3) is 0 Å². The molecular formula is C14H27NO. The molecule has 1 rings (SSSR count). The van der Waals surface area contributed by atoms with Gasteiger partial charge in [0.05, 0.1) is 0 Å². The van der Waals surface area contributed by atoms with E-state index >= 15 is 0 Å². The van der Waals surface area contributed by atoms with Crippen molar-refractivity contribution in [3.8, 4) is 0 Å². The normalized spacial score (nSPS) is 17.7. The molecule has 0 aromatic heterocycles. The molecule has 0 saturated heterocycles. The van der Waals surface area contributed by atoms with Gasteiger partial charge in [-0.3, -0.25) is 4.79 Å². The van der Waals surface area contributed by atoms with Gasteiger partial charge in [0.1, 0.15) is 0 Å². The molecule has 16 heavy (non-hydrogen) atoms. The van der Waals surface area contributed by atoms with Crippen molar-refractivity contribution in [2.75, 3.05) is 6.54 Å². The number of hydrogen-bond donors (Lipinski definition) is 1. The average Bonchev–Trinajstić information content (AvgIpc) is 2.32. The highest BCUT2D eigenvalue weighted by Gasteiger charge is 2.16. The molecule has 0 heterocycles. The maximum atomic E-state index is 11.7. The quantitative estimate of drug-likeness (QED) is 0.736. The number of amides is 1. The van der Waals surface area contributed by atoms with Crippen LogP contribution < -0.4 is 5.32 Å². The van der Waals surface area contributed by atoms with Crippen LogP contribution in [-0.2, 0) is 4.79 Å². The van der Waals surface area contributed by atoms with Gasteiger partial charge in [-0.25, -0.2) is 0 Å². The third-order valence-electron chi connectivity index (χ3n) is 3.93. The molecule has 0 atom stereocenters. The van der Waals surface area contributed by atoms with Crippen LogP contribution in [0.25, 0.3) is 0 Å². The molecular weight excluding hydrogens is 198 g/mol. The van der Waals surface area contributed by atoms with Crippen LogP contribution in [0.2, 0.25) is 0 Å². The summed E-state index contributed by atoms with van der Waals surface area (Å²) in [6, 6.07) is 0. The van der Waals surface area contributed by atoms with E-state index in [0.717, 1.165) is 25.3 Å². The van der Waals surface area contributed by atoms with Crippen molar-refractivity contribution in [2.24, 2.45) is 11.8 Å². The Morgan fingerprint density at radius 1 is 1.19 bits per heavy atom. The lowest BCUT2D eigenvalue weighted by Gasteiger charge is -2.22. The lowest BCUT2D eigenvalue weighted by Crippen LogP contribution is -2.31. The lowest BCUT2D eigenvalue weighted by atomic mass is 9.87. The first-order chi connectivity index (χ1) is 7.77. The Kier molecular flexibility index (Phi) is 6.51. The highest BCUT2D eigenvalue weighted by molar-refractivity contribution is 5.78. The van der Waals surface area contributed by atoms with Gasteiger partial charge < -0.3 is 5.32 Å². The highest BCUT2D eigenvalue weighted by atomic mass is 16.1. The molecule has 0 bridgehead atoms. The zero-order chi connectivity index (χ0) is 11.8. The van der Waals surface area contributed by atoms with E-state index in [1.165, 1.54) is 38.5 Å². The maximum Gasteiger partial charge on any atom is 0.223 e. The summed E-state index contributed by atoms with van der Waals surface area (Å²) in [5.74, 6) is 1.36. The summed E-state index contributed by atoms with van der Waals surface area (Å²) in [6.07, 6.45) is 10.1. The third kappa shape index (κ3) is 4.54. The minimum atomic E-state index is 0.228. The fourth-order valence-corrected chi connectivity index (χ4v) is 2.68. The molecule has 2 nitrogen and oxygen atoms in total. The molecule has 0 radical (unpaired) electrons. The summed E-state index contributed by atoms with van der Waals surface area (Å²) in [5.41, 5.74) is 0. The van der Waals surface area contributed by atoms with Crippen molar-refractivity contribution in [3.63, 3.8) is 0 Å². The largest absolute Gasteiger partial charge is 0.356 e. The van der Waals surface area contributed by atoms with Gasteiger partial charge in [-0.15, -0.1) is 0 Å². The second-order valence-corrected chi connectivity index (χ2v) is 5.10. The molecule has 0 aromatic rings. The Morgan fingerprint density at radius 3 is 2.38 bits per heavy atom.